The molecular formula is C24H25FN4O2. The second kappa shape index (κ2) is 9.22. The highest BCUT2D eigenvalue weighted by Gasteiger charge is 2.26. The Bertz CT molecular complexity index is 1070. The van der Waals surface area contributed by atoms with E-state index < -0.39 is 5.82 Å². The second-order valence-corrected chi connectivity index (χ2v) is 7.86. The van der Waals surface area contributed by atoms with E-state index in [1.165, 1.54) is 10.7 Å². The number of anilines is 1. The fraction of sp³-hybridized carbons (Fsp3) is 0.292. The molecule has 0 spiro atoms. The van der Waals surface area contributed by atoms with Gasteiger partial charge in [0.1, 0.15) is 17.3 Å². The van der Waals surface area contributed by atoms with Crippen molar-refractivity contribution in [2.24, 2.45) is 5.92 Å². The second-order valence-electron chi connectivity index (χ2n) is 7.86. The first-order chi connectivity index (χ1) is 15.0. The van der Waals surface area contributed by atoms with E-state index in [4.69, 9.17) is 0 Å². The van der Waals surface area contributed by atoms with E-state index in [0.717, 1.165) is 18.4 Å². The number of hydrogen-bond acceptors (Lipinski definition) is 4. The molecule has 0 aliphatic carbocycles. The maximum atomic E-state index is 14.2. The van der Waals surface area contributed by atoms with Crippen molar-refractivity contribution in [1.29, 1.82) is 0 Å². The number of carbonyl (C=O) groups excluding carboxylic acids is 2. The molecule has 2 heterocycles. The maximum Gasteiger partial charge on any atom is 0.239 e. The number of aromatic nitrogens is 2. The van der Waals surface area contributed by atoms with Gasteiger partial charge in [-0.2, -0.15) is 5.10 Å². The molecule has 0 atom stereocenters. The minimum absolute atomic E-state index is 0.00755. The molecule has 0 radical (unpaired) electrons. The van der Waals surface area contributed by atoms with Crippen LogP contribution in [0.3, 0.4) is 0 Å². The smallest absolute Gasteiger partial charge is 0.239 e. The van der Waals surface area contributed by atoms with Crippen LogP contribution in [0, 0.1) is 18.7 Å². The lowest BCUT2D eigenvalue weighted by molar-refractivity contribution is -0.117. The maximum absolute atomic E-state index is 14.2. The number of likely N-dealkylation sites (tertiary alicyclic amines) is 1. The van der Waals surface area contributed by atoms with Gasteiger partial charge in [0, 0.05) is 17.5 Å². The molecular weight excluding hydrogens is 395 g/mol. The first-order valence-electron chi connectivity index (χ1n) is 10.4. The molecule has 1 amide bonds. The summed E-state index contributed by atoms with van der Waals surface area (Å²) in [6, 6.07) is 17.4. The first kappa shape index (κ1) is 20.9. The Hall–Kier alpha value is -3.32. The molecule has 31 heavy (non-hydrogen) atoms. The Morgan fingerprint density at radius 3 is 2.45 bits per heavy atom. The predicted molar refractivity (Wildman–Crippen MR) is 117 cm³/mol. The highest BCUT2D eigenvalue weighted by Crippen LogP contribution is 2.23. The number of hydrogen-bond donors (Lipinski definition) is 1. The highest BCUT2D eigenvalue weighted by molar-refractivity contribution is 5.98. The van der Waals surface area contributed by atoms with Crippen LogP contribution < -0.4 is 5.32 Å². The normalized spacial score (nSPS) is 15.0. The average molecular weight is 420 g/mol. The number of rotatable bonds is 6. The van der Waals surface area contributed by atoms with E-state index in [1.807, 2.05) is 35.2 Å². The monoisotopic (exact) mass is 420 g/mol. The van der Waals surface area contributed by atoms with Crippen LogP contribution in [0.2, 0.25) is 0 Å². The van der Waals surface area contributed by atoms with Crippen molar-refractivity contribution in [3.63, 3.8) is 0 Å². The number of halogens is 1. The molecule has 1 aliphatic heterocycles. The molecule has 1 N–H and O–H groups in total. The van der Waals surface area contributed by atoms with Crippen molar-refractivity contribution in [3.05, 3.63) is 77.7 Å². The molecule has 0 bridgehead atoms. The van der Waals surface area contributed by atoms with Crippen LogP contribution in [0.5, 0.6) is 0 Å². The largest absolute Gasteiger partial charge is 0.309 e. The number of Topliss-reactive ketones (excluding diaryl/α,β-unsaturated/α-hetero) is 1. The number of carbonyl (C=O) groups is 2. The molecule has 4 rings (SSSR count). The molecule has 7 heteroatoms. The number of para-hydroxylation sites is 1. The zero-order valence-electron chi connectivity index (χ0n) is 17.4. The molecule has 1 aliphatic rings. The third-order valence-electron chi connectivity index (χ3n) is 5.56. The molecule has 1 saturated heterocycles. The van der Waals surface area contributed by atoms with Crippen LogP contribution in [-0.4, -0.2) is 46.0 Å². The van der Waals surface area contributed by atoms with Gasteiger partial charge in [-0.15, -0.1) is 0 Å². The number of amides is 1. The summed E-state index contributed by atoms with van der Waals surface area (Å²) < 4.78 is 15.6. The number of nitrogens with one attached hydrogen (secondary N) is 1. The zero-order valence-corrected chi connectivity index (χ0v) is 17.4. The Balaban J connectivity index is 1.35. The van der Waals surface area contributed by atoms with Crippen LogP contribution in [0.4, 0.5) is 10.2 Å². The summed E-state index contributed by atoms with van der Waals surface area (Å²) in [4.78, 5) is 27.3. The Kier molecular flexibility index (Phi) is 6.23. The van der Waals surface area contributed by atoms with Crippen LogP contribution in [0.15, 0.2) is 60.7 Å². The van der Waals surface area contributed by atoms with Gasteiger partial charge in [0.25, 0.3) is 0 Å². The number of ketones is 1. The average Bonchev–Trinajstić information content (AvgIpc) is 3.14. The van der Waals surface area contributed by atoms with E-state index >= 15 is 0 Å². The van der Waals surface area contributed by atoms with Crippen LogP contribution in [0.1, 0.15) is 28.9 Å². The summed E-state index contributed by atoms with van der Waals surface area (Å²) in [5.41, 5.74) is 1.71. The number of benzene rings is 2. The van der Waals surface area contributed by atoms with Gasteiger partial charge < -0.3 is 5.32 Å². The molecule has 6 nitrogen and oxygen atoms in total. The summed E-state index contributed by atoms with van der Waals surface area (Å²) in [7, 11) is 0. The lowest BCUT2D eigenvalue weighted by Gasteiger charge is -2.30. The third-order valence-corrected chi connectivity index (χ3v) is 5.56. The predicted octanol–water partition coefficient (Wildman–Crippen LogP) is 3.85. The van der Waals surface area contributed by atoms with E-state index in [2.05, 4.69) is 10.4 Å². The quantitative estimate of drug-likeness (QED) is 0.615. The fourth-order valence-corrected chi connectivity index (χ4v) is 3.97. The van der Waals surface area contributed by atoms with Crippen molar-refractivity contribution in [3.8, 4) is 5.69 Å². The molecule has 0 unspecified atom stereocenters. The Morgan fingerprint density at radius 2 is 1.74 bits per heavy atom. The lowest BCUT2D eigenvalue weighted by Crippen LogP contribution is -2.41. The molecule has 1 aromatic heterocycles. The van der Waals surface area contributed by atoms with Gasteiger partial charge in [0.15, 0.2) is 5.78 Å². The fourth-order valence-electron chi connectivity index (χ4n) is 3.97. The van der Waals surface area contributed by atoms with Crippen molar-refractivity contribution in [1.82, 2.24) is 14.7 Å². The summed E-state index contributed by atoms with van der Waals surface area (Å²) in [5, 5.41) is 7.16. The van der Waals surface area contributed by atoms with Gasteiger partial charge in [0.05, 0.1) is 12.2 Å². The third kappa shape index (κ3) is 4.88. The highest BCUT2D eigenvalue weighted by atomic mass is 19.1. The minimum Gasteiger partial charge on any atom is -0.309 e. The summed E-state index contributed by atoms with van der Waals surface area (Å²) in [6.07, 6.45) is 1.46. The summed E-state index contributed by atoms with van der Waals surface area (Å²) in [5.74, 6) is -0.000800. The Morgan fingerprint density at radius 1 is 1.06 bits per heavy atom. The van der Waals surface area contributed by atoms with Crippen molar-refractivity contribution in [2.45, 2.75) is 19.8 Å². The lowest BCUT2D eigenvalue weighted by atomic mass is 9.89. The van der Waals surface area contributed by atoms with E-state index in [9.17, 15) is 14.0 Å². The van der Waals surface area contributed by atoms with Crippen LogP contribution in [0.25, 0.3) is 5.69 Å². The summed E-state index contributed by atoms with van der Waals surface area (Å²) >= 11 is 0. The van der Waals surface area contributed by atoms with Crippen molar-refractivity contribution < 1.29 is 14.0 Å². The molecule has 3 aromatic rings. The van der Waals surface area contributed by atoms with Gasteiger partial charge in [0.2, 0.25) is 5.91 Å². The standard InChI is InChI=1S/C24H25FN4O2/c1-17-15-22(29(27-17)21-10-6-5-9-20(21)25)26-23(30)16-28-13-11-19(12-14-28)24(31)18-7-3-2-4-8-18/h2-10,15,19H,11-14,16H2,1H3,(H,26,30). The van der Waals surface area contributed by atoms with E-state index in [-0.39, 0.29) is 29.8 Å². The molecule has 160 valence electrons. The van der Waals surface area contributed by atoms with Gasteiger partial charge >= 0.3 is 0 Å². The van der Waals surface area contributed by atoms with Gasteiger partial charge in [-0.05, 0) is 45.0 Å². The number of piperidine rings is 1. The van der Waals surface area contributed by atoms with E-state index in [1.54, 1.807) is 31.2 Å². The molecule has 1 fully saturated rings. The van der Waals surface area contributed by atoms with Crippen molar-refractivity contribution >= 4 is 17.5 Å². The minimum atomic E-state index is -0.411. The van der Waals surface area contributed by atoms with Crippen LogP contribution in [-0.2, 0) is 4.79 Å². The number of aryl methyl sites for hydroxylation is 1. The topological polar surface area (TPSA) is 67.2 Å². The van der Waals surface area contributed by atoms with Gasteiger partial charge in [-0.25, -0.2) is 9.07 Å². The molecule has 0 saturated carbocycles. The molecule has 2 aromatic carbocycles. The van der Waals surface area contributed by atoms with E-state index in [0.29, 0.717) is 24.6 Å². The summed E-state index contributed by atoms with van der Waals surface area (Å²) in [6.45, 7) is 3.37. The zero-order chi connectivity index (χ0) is 21.8. The van der Waals surface area contributed by atoms with Gasteiger partial charge in [-0.1, -0.05) is 42.5 Å². The first-order valence-corrected chi connectivity index (χ1v) is 10.4. The SMILES string of the molecule is Cc1cc(NC(=O)CN2CCC(C(=O)c3ccccc3)CC2)n(-c2ccccc2F)n1. The van der Waals surface area contributed by atoms with Crippen molar-refractivity contribution in [2.75, 3.05) is 25.0 Å². The number of nitrogens with zero attached hydrogens (tertiary/aromatic N) is 3. The van der Waals surface area contributed by atoms with Gasteiger partial charge in [-0.3, -0.25) is 14.5 Å². The van der Waals surface area contributed by atoms with Crippen LogP contribution >= 0.6 is 0 Å². The Labute approximate surface area is 180 Å².